The Morgan fingerprint density at radius 1 is 1.25 bits per heavy atom. The standard InChI is InChI=1S/C18H16ClN3OS/c19-14-6-4-12(5-7-14)17(23)20-15-3-1-2-13(10-15)16-11-22-8-9-24-18(22)21-16/h1-7,10,16H,8-9,11H2,(H,20,23). The van der Waals surface area contributed by atoms with Crippen molar-refractivity contribution in [1.82, 2.24) is 4.90 Å². The summed E-state index contributed by atoms with van der Waals surface area (Å²) in [5.41, 5.74) is 2.50. The molecule has 1 unspecified atom stereocenters. The summed E-state index contributed by atoms with van der Waals surface area (Å²) in [6.07, 6.45) is 0. The number of hydrogen-bond acceptors (Lipinski definition) is 4. The van der Waals surface area contributed by atoms with E-state index in [0.717, 1.165) is 35.3 Å². The number of hydrogen-bond donors (Lipinski definition) is 1. The third kappa shape index (κ3) is 3.14. The van der Waals surface area contributed by atoms with E-state index in [9.17, 15) is 4.79 Å². The summed E-state index contributed by atoms with van der Waals surface area (Å²) in [7, 11) is 0. The van der Waals surface area contributed by atoms with E-state index in [1.807, 2.05) is 30.0 Å². The molecule has 0 radical (unpaired) electrons. The number of carbonyl (C=O) groups excluding carboxylic acids is 1. The van der Waals surface area contributed by atoms with Crippen LogP contribution in [0, 0.1) is 0 Å². The Morgan fingerprint density at radius 3 is 2.88 bits per heavy atom. The van der Waals surface area contributed by atoms with Gasteiger partial charge in [-0.2, -0.15) is 0 Å². The zero-order chi connectivity index (χ0) is 16.5. The lowest BCUT2D eigenvalue weighted by Crippen LogP contribution is -2.21. The van der Waals surface area contributed by atoms with Crippen LogP contribution < -0.4 is 5.32 Å². The van der Waals surface area contributed by atoms with Gasteiger partial charge in [-0.3, -0.25) is 9.79 Å². The molecule has 1 saturated heterocycles. The third-order valence-corrected chi connectivity index (χ3v) is 5.42. The lowest BCUT2D eigenvalue weighted by molar-refractivity contribution is 0.102. The number of nitrogens with zero attached hydrogens (tertiary/aromatic N) is 2. The number of benzene rings is 2. The number of fused-ring (bicyclic) bond motifs is 1. The number of amides is 1. The van der Waals surface area contributed by atoms with Gasteiger partial charge < -0.3 is 10.2 Å². The first kappa shape index (κ1) is 15.5. The number of rotatable bonds is 3. The molecule has 0 saturated carbocycles. The Labute approximate surface area is 149 Å². The molecule has 1 amide bonds. The Morgan fingerprint density at radius 2 is 2.08 bits per heavy atom. The number of nitrogens with one attached hydrogen (secondary N) is 1. The first-order valence-electron chi connectivity index (χ1n) is 7.81. The molecular weight excluding hydrogens is 342 g/mol. The minimum absolute atomic E-state index is 0.141. The van der Waals surface area contributed by atoms with Crippen LogP contribution in [0.4, 0.5) is 5.69 Å². The lowest BCUT2D eigenvalue weighted by Gasteiger charge is -2.14. The van der Waals surface area contributed by atoms with Crippen molar-refractivity contribution in [2.75, 3.05) is 24.2 Å². The fourth-order valence-corrected chi connectivity index (χ4v) is 4.08. The quantitative estimate of drug-likeness (QED) is 0.901. The topological polar surface area (TPSA) is 44.7 Å². The molecule has 0 spiro atoms. The van der Waals surface area contributed by atoms with Crippen LogP contribution in [-0.2, 0) is 0 Å². The molecule has 122 valence electrons. The summed E-state index contributed by atoms with van der Waals surface area (Å²) in [6.45, 7) is 2.00. The van der Waals surface area contributed by atoms with Crippen LogP contribution in [0.3, 0.4) is 0 Å². The average molecular weight is 358 g/mol. The highest BCUT2D eigenvalue weighted by Crippen LogP contribution is 2.33. The molecule has 0 bridgehead atoms. The molecule has 1 N–H and O–H groups in total. The second-order valence-electron chi connectivity index (χ2n) is 5.81. The largest absolute Gasteiger partial charge is 0.348 e. The number of amidine groups is 1. The fraction of sp³-hybridized carbons (Fsp3) is 0.222. The molecule has 6 heteroatoms. The normalized spacial score (nSPS) is 19.1. The van der Waals surface area contributed by atoms with Crippen molar-refractivity contribution in [3.8, 4) is 0 Å². The van der Waals surface area contributed by atoms with Gasteiger partial charge in [0.15, 0.2) is 5.17 Å². The van der Waals surface area contributed by atoms with E-state index in [4.69, 9.17) is 16.6 Å². The monoisotopic (exact) mass is 357 g/mol. The Kier molecular flexibility index (Phi) is 4.21. The van der Waals surface area contributed by atoms with Crippen molar-refractivity contribution in [3.05, 3.63) is 64.7 Å². The summed E-state index contributed by atoms with van der Waals surface area (Å²) >= 11 is 7.68. The maximum absolute atomic E-state index is 12.3. The highest BCUT2D eigenvalue weighted by molar-refractivity contribution is 8.14. The first-order chi connectivity index (χ1) is 11.7. The molecule has 4 nitrogen and oxygen atoms in total. The Bertz CT molecular complexity index is 806. The van der Waals surface area contributed by atoms with E-state index in [1.54, 1.807) is 24.3 Å². The van der Waals surface area contributed by atoms with Crippen molar-refractivity contribution in [1.29, 1.82) is 0 Å². The van der Waals surface area contributed by atoms with Gasteiger partial charge in [0.25, 0.3) is 5.91 Å². The van der Waals surface area contributed by atoms with Gasteiger partial charge in [0.1, 0.15) is 0 Å². The Balaban J connectivity index is 1.50. The van der Waals surface area contributed by atoms with Gasteiger partial charge in [-0.25, -0.2) is 0 Å². The fourth-order valence-electron chi connectivity index (χ4n) is 2.91. The second-order valence-corrected chi connectivity index (χ2v) is 7.31. The number of anilines is 1. The minimum atomic E-state index is -0.141. The Hall–Kier alpha value is -1.98. The van der Waals surface area contributed by atoms with Crippen molar-refractivity contribution in [2.24, 2.45) is 4.99 Å². The highest BCUT2D eigenvalue weighted by Gasteiger charge is 2.30. The number of carbonyl (C=O) groups is 1. The predicted molar refractivity (Wildman–Crippen MR) is 100 cm³/mol. The van der Waals surface area contributed by atoms with Gasteiger partial charge in [-0.1, -0.05) is 35.5 Å². The smallest absolute Gasteiger partial charge is 0.255 e. The zero-order valence-electron chi connectivity index (χ0n) is 12.9. The summed E-state index contributed by atoms with van der Waals surface area (Å²) in [6, 6.07) is 15.0. The summed E-state index contributed by atoms with van der Waals surface area (Å²) < 4.78 is 0. The number of aliphatic imine (C=N–C) groups is 1. The molecule has 2 aliphatic rings. The van der Waals surface area contributed by atoms with Crippen molar-refractivity contribution < 1.29 is 4.79 Å². The molecule has 4 rings (SSSR count). The summed E-state index contributed by atoms with van der Waals surface area (Å²) in [4.78, 5) is 19.4. The second kappa shape index (κ2) is 6.49. The van der Waals surface area contributed by atoms with Gasteiger partial charge in [0, 0.05) is 35.1 Å². The van der Waals surface area contributed by atoms with E-state index in [-0.39, 0.29) is 11.9 Å². The average Bonchev–Trinajstić information content (AvgIpc) is 3.17. The molecule has 0 aromatic heterocycles. The van der Waals surface area contributed by atoms with Gasteiger partial charge in [-0.15, -0.1) is 0 Å². The van der Waals surface area contributed by atoms with Crippen LogP contribution in [-0.4, -0.2) is 34.8 Å². The maximum Gasteiger partial charge on any atom is 0.255 e. The van der Waals surface area contributed by atoms with Gasteiger partial charge >= 0.3 is 0 Å². The molecule has 1 fully saturated rings. The third-order valence-electron chi connectivity index (χ3n) is 4.16. The zero-order valence-corrected chi connectivity index (χ0v) is 14.5. The minimum Gasteiger partial charge on any atom is -0.348 e. The molecule has 2 aromatic carbocycles. The van der Waals surface area contributed by atoms with E-state index in [1.165, 1.54) is 0 Å². The van der Waals surface area contributed by atoms with E-state index in [2.05, 4.69) is 16.3 Å². The van der Waals surface area contributed by atoms with Crippen LogP contribution in [0.15, 0.2) is 53.5 Å². The lowest BCUT2D eigenvalue weighted by atomic mass is 10.1. The van der Waals surface area contributed by atoms with Crippen molar-refractivity contribution in [3.63, 3.8) is 0 Å². The highest BCUT2D eigenvalue weighted by atomic mass is 35.5. The van der Waals surface area contributed by atoms with Gasteiger partial charge in [-0.05, 0) is 42.0 Å². The number of thioether (sulfide) groups is 1. The van der Waals surface area contributed by atoms with Crippen molar-refractivity contribution >= 4 is 40.1 Å². The van der Waals surface area contributed by atoms with Crippen LogP contribution in [0.2, 0.25) is 5.02 Å². The molecule has 2 heterocycles. The SMILES string of the molecule is O=C(Nc1cccc(C2CN3CCSC3=N2)c1)c1ccc(Cl)cc1. The van der Waals surface area contributed by atoms with Crippen molar-refractivity contribution in [2.45, 2.75) is 6.04 Å². The van der Waals surface area contributed by atoms with Crippen LogP contribution >= 0.6 is 23.4 Å². The molecule has 1 atom stereocenters. The van der Waals surface area contributed by atoms with E-state index < -0.39 is 0 Å². The first-order valence-corrected chi connectivity index (χ1v) is 9.18. The molecular formula is C18H16ClN3OS. The van der Waals surface area contributed by atoms with Gasteiger partial charge in [0.05, 0.1) is 6.04 Å². The summed E-state index contributed by atoms with van der Waals surface area (Å²) in [5, 5.41) is 4.71. The van der Waals surface area contributed by atoms with E-state index in [0.29, 0.717) is 10.6 Å². The summed E-state index contributed by atoms with van der Waals surface area (Å²) in [5.74, 6) is 0.987. The van der Waals surface area contributed by atoms with E-state index >= 15 is 0 Å². The molecule has 0 aliphatic carbocycles. The molecule has 24 heavy (non-hydrogen) atoms. The maximum atomic E-state index is 12.3. The van der Waals surface area contributed by atoms with Crippen LogP contribution in [0.5, 0.6) is 0 Å². The van der Waals surface area contributed by atoms with Crippen LogP contribution in [0.1, 0.15) is 22.0 Å². The molecule has 2 aromatic rings. The predicted octanol–water partition coefficient (Wildman–Crippen LogP) is 4.05. The van der Waals surface area contributed by atoms with Gasteiger partial charge in [0.2, 0.25) is 0 Å². The van der Waals surface area contributed by atoms with Crippen LogP contribution in [0.25, 0.3) is 0 Å². The number of halogens is 1. The molecule has 2 aliphatic heterocycles.